The summed E-state index contributed by atoms with van der Waals surface area (Å²) in [5, 5.41) is 0. The van der Waals surface area contributed by atoms with E-state index in [0.29, 0.717) is 12.2 Å². The van der Waals surface area contributed by atoms with E-state index in [1.54, 1.807) is 20.8 Å². The van der Waals surface area contributed by atoms with Gasteiger partial charge >= 0.3 is 5.97 Å². The van der Waals surface area contributed by atoms with Crippen LogP contribution in [0, 0.1) is 0 Å². The molecule has 84 valence electrons. The average Bonchev–Trinajstić information content (AvgIpc) is 2.43. The van der Waals surface area contributed by atoms with Gasteiger partial charge in [-0.2, -0.15) is 0 Å². The molecule has 1 rings (SSSR count). The van der Waals surface area contributed by atoms with Crippen molar-refractivity contribution in [3.05, 3.63) is 11.5 Å². The number of imidazole rings is 1. The van der Waals surface area contributed by atoms with Crippen molar-refractivity contribution in [1.82, 2.24) is 9.97 Å². The number of aromatic amines is 1. The van der Waals surface area contributed by atoms with Gasteiger partial charge in [0.2, 0.25) is 0 Å². The Labute approximate surface area is 89.0 Å². The third-order valence-corrected chi connectivity index (χ3v) is 1.72. The third-order valence-electron chi connectivity index (χ3n) is 1.72. The van der Waals surface area contributed by atoms with E-state index in [9.17, 15) is 4.79 Å². The fourth-order valence-corrected chi connectivity index (χ4v) is 1.09. The lowest BCUT2D eigenvalue weighted by Gasteiger charge is -2.18. The van der Waals surface area contributed by atoms with E-state index >= 15 is 0 Å². The largest absolute Gasteiger partial charge is 0.455 e. The van der Waals surface area contributed by atoms with Crippen LogP contribution < -0.4 is 5.73 Å². The lowest BCUT2D eigenvalue weighted by atomic mass is 10.2. The maximum atomic E-state index is 11.6. The summed E-state index contributed by atoms with van der Waals surface area (Å²) in [7, 11) is 0. The molecule has 0 aliphatic carbocycles. The van der Waals surface area contributed by atoms with E-state index < -0.39 is 11.6 Å². The van der Waals surface area contributed by atoms with E-state index in [4.69, 9.17) is 10.5 Å². The van der Waals surface area contributed by atoms with Crippen molar-refractivity contribution in [3.63, 3.8) is 0 Å². The number of esters is 1. The average molecular weight is 211 g/mol. The maximum absolute atomic E-state index is 11.6. The minimum absolute atomic E-state index is 0.195. The fraction of sp³-hybridized carbons (Fsp3) is 0.600. The van der Waals surface area contributed by atoms with Crippen LogP contribution in [0.15, 0.2) is 0 Å². The van der Waals surface area contributed by atoms with Crippen LogP contribution >= 0.6 is 0 Å². The van der Waals surface area contributed by atoms with Crippen LogP contribution in [0.5, 0.6) is 0 Å². The van der Waals surface area contributed by atoms with Crippen LogP contribution in [0.1, 0.15) is 44.0 Å². The highest BCUT2D eigenvalue weighted by Gasteiger charge is 2.22. The van der Waals surface area contributed by atoms with Gasteiger partial charge in [-0.25, -0.2) is 9.78 Å². The number of anilines is 1. The van der Waals surface area contributed by atoms with Gasteiger partial charge in [-0.3, -0.25) is 0 Å². The zero-order valence-corrected chi connectivity index (χ0v) is 9.55. The second kappa shape index (κ2) is 3.92. The van der Waals surface area contributed by atoms with Crippen molar-refractivity contribution in [3.8, 4) is 0 Å². The number of hydrogen-bond acceptors (Lipinski definition) is 4. The second-order valence-corrected chi connectivity index (χ2v) is 4.30. The molecule has 0 atom stereocenters. The monoisotopic (exact) mass is 211 g/mol. The third kappa shape index (κ3) is 2.97. The first-order valence-corrected chi connectivity index (χ1v) is 4.91. The molecule has 0 aromatic carbocycles. The molecule has 1 aromatic heterocycles. The van der Waals surface area contributed by atoms with Gasteiger partial charge in [0.1, 0.15) is 11.4 Å². The zero-order valence-electron chi connectivity index (χ0n) is 9.55. The number of hydrogen-bond donors (Lipinski definition) is 2. The summed E-state index contributed by atoms with van der Waals surface area (Å²) in [5.41, 5.74) is 5.30. The molecule has 0 aliphatic rings. The van der Waals surface area contributed by atoms with E-state index in [2.05, 4.69) is 9.97 Å². The molecule has 5 heteroatoms. The zero-order chi connectivity index (χ0) is 11.6. The van der Waals surface area contributed by atoms with E-state index in [1.165, 1.54) is 0 Å². The molecule has 1 aromatic rings. The Bertz CT molecular complexity index is 363. The first kappa shape index (κ1) is 11.6. The number of aryl methyl sites for hydroxylation is 1. The number of nitrogens with zero attached hydrogens (tertiary/aromatic N) is 1. The van der Waals surface area contributed by atoms with Crippen molar-refractivity contribution < 1.29 is 9.53 Å². The van der Waals surface area contributed by atoms with Crippen LogP contribution in [0.3, 0.4) is 0 Å². The highest BCUT2D eigenvalue weighted by atomic mass is 16.6. The minimum atomic E-state index is -0.527. The van der Waals surface area contributed by atoms with Gasteiger partial charge in [-0.05, 0) is 20.8 Å². The number of rotatable bonds is 2. The van der Waals surface area contributed by atoms with Crippen molar-refractivity contribution in [2.45, 2.75) is 39.7 Å². The molecule has 0 saturated heterocycles. The van der Waals surface area contributed by atoms with Crippen molar-refractivity contribution in [1.29, 1.82) is 0 Å². The summed E-state index contributed by atoms with van der Waals surface area (Å²) >= 11 is 0. The van der Waals surface area contributed by atoms with Gasteiger partial charge in [-0.15, -0.1) is 0 Å². The predicted octanol–water partition coefficient (Wildman–Crippen LogP) is 1.51. The van der Waals surface area contributed by atoms with Crippen LogP contribution in [-0.2, 0) is 11.2 Å². The highest BCUT2D eigenvalue weighted by Crippen LogP contribution is 2.15. The second-order valence-electron chi connectivity index (χ2n) is 4.30. The summed E-state index contributed by atoms with van der Waals surface area (Å²) in [5.74, 6) is 0.418. The summed E-state index contributed by atoms with van der Waals surface area (Å²) in [6.07, 6.45) is 0.701. The highest BCUT2D eigenvalue weighted by molar-refractivity contribution is 5.92. The van der Waals surface area contributed by atoms with Gasteiger partial charge in [0.25, 0.3) is 0 Å². The lowest BCUT2D eigenvalue weighted by Crippen LogP contribution is -2.24. The maximum Gasteiger partial charge on any atom is 0.359 e. The smallest absolute Gasteiger partial charge is 0.359 e. The molecule has 0 spiro atoms. The van der Waals surface area contributed by atoms with Gasteiger partial charge in [0.05, 0.1) is 0 Å². The summed E-state index contributed by atoms with van der Waals surface area (Å²) < 4.78 is 5.17. The molecule has 0 saturated carbocycles. The number of carbonyl (C=O) groups excluding carboxylic acids is 1. The topological polar surface area (TPSA) is 81.0 Å². The molecule has 0 amide bonds. The van der Waals surface area contributed by atoms with Gasteiger partial charge in [0.15, 0.2) is 11.5 Å². The Morgan fingerprint density at radius 2 is 2.13 bits per heavy atom. The molecular formula is C10H17N3O2. The Hall–Kier alpha value is -1.52. The predicted molar refractivity (Wildman–Crippen MR) is 57.5 cm³/mol. The fourth-order valence-electron chi connectivity index (χ4n) is 1.09. The van der Waals surface area contributed by atoms with Gasteiger partial charge in [-0.1, -0.05) is 6.92 Å². The van der Waals surface area contributed by atoms with E-state index in [0.717, 1.165) is 0 Å². The Morgan fingerprint density at radius 1 is 1.53 bits per heavy atom. The Kier molecular flexibility index (Phi) is 3.02. The summed E-state index contributed by atoms with van der Waals surface area (Å²) in [6, 6.07) is 0. The molecular weight excluding hydrogens is 194 g/mol. The van der Waals surface area contributed by atoms with E-state index in [-0.39, 0.29) is 11.5 Å². The molecule has 0 aliphatic heterocycles. The Balaban J connectivity index is 2.87. The lowest BCUT2D eigenvalue weighted by molar-refractivity contribution is 0.00646. The number of aromatic nitrogens is 2. The van der Waals surface area contributed by atoms with Crippen molar-refractivity contribution in [2.75, 3.05) is 5.73 Å². The molecule has 1 heterocycles. The molecule has 0 fully saturated rings. The number of H-pyrrole nitrogens is 1. The Morgan fingerprint density at radius 3 is 2.53 bits per heavy atom. The first-order valence-electron chi connectivity index (χ1n) is 4.91. The van der Waals surface area contributed by atoms with Crippen LogP contribution in [0.4, 0.5) is 5.82 Å². The summed E-state index contributed by atoms with van der Waals surface area (Å²) in [6.45, 7) is 7.34. The molecule has 3 N–H and O–H groups in total. The summed E-state index contributed by atoms with van der Waals surface area (Å²) in [4.78, 5) is 18.5. The van der Waals surface area contributed by atoms with E-state index in [1.807, 2.05) is 6.92 Å². The SMILES string of the molecule is CCc1nc(N)c(C(=O)OC(C)(C)C)[nH]1. The van der Waals surface area contributed by atoms with Crippen LogP contribution in [-0.4, -0.2) is 21.5 Å². The number of nitrogen functional groups attached to an aromatic ring is 1. The minimum Gasteiger partial charge on any atom is -0.455 e. The molecule has 0 bridgehead atoms. The van der Waals surface area contributed by atoms with Crippen LogP contribution in [0.25, 0.3) is 0 Å². The normalized spacial score (nSPS) is 11.5. The standard InChI is InChI=1S/C10H17N3O2/c1-5-6-12-7(8(11)13-6)9(14)15-10(2,3)4/h5,11H2,1-4H3,(H,12,13). The van der Waals surface area contributed by atoms with Crippen molar-refractivity contribution >= 4 is 11.8 Å². The number of nitrogens with two attached hydrogens (primary N) is 1. The molecule has 0 unspecified atom stereocenters. The first-order chi connectivity index (χ1) is 6.83. The van der Waals surface area contributed by atoms with Gasteiger partial charge < -0.3 is 15.5 Å². The number of carbonyl (C=O) groups is 1. The molecule has 5 nitrogen and oxygen atoms in total. The van der Waals surface area contributed by atoms with Gasteiger partial charge in [0, 0.05) is 6.42 Å². The number of nitrogens with one attached hydrogen (secondary N) is 1. The molecule has 0 radical (unpaired) electrons. The quantitative estimate of drug-likeness (QED) is 0.726. The number of ether oxygens (including phenoxy) is 1. The molecule has 15 heavy (non-hydrogen) atoms. The van der Waals surface area contributed by atoms with Crippen molar-refractivity contribution in [2.24, 2.45) is 0 Å². The van der Waals surface area contributed by atoms with Crippen LogP contribution in [0.2, 0.25) is 0 Å².